The molecule has 6 heteroatoms. The molecule has 100 valence electrons. The summed E-state index contributed by atoms with van der Waals surface area (Å²) >= 11 is 1.34. The largest absolute Gasteiger partial charge is 0.468 e. The zero-order chi connectivity index (χ0) is 13.6. The molecule has 0 aromatic carbocycles. The van der Waals surface area contributed by atoms with Crippen molar-refractivity contribution >= 4 is 23.6 Å². The van der Waals surface area contributed by atoms with Crippen LogP contribution in [0.2, 0.25) is 0 Å². The van der Waals surface area contributed by atoms with E-state index in [1.807, 2.05) is 20.8 Å². The topological polar surface area (TPSA) is 81.4 Å². The molecule has 0 saturated heterocycles. The number of thioether (sulfide) groups is 1. The van der Waals surface area contributed by atoms with Gasteiger partial charge in [0, 0.05) is 11.3 Å². The van der Waals surface area contributed by atoms with Crippen molar-refractivity contribution in [1.29, 1.82) is 0 Å². The first-order valence-electron chi connectivity index (χ1n) is 5.44. The predicted molar refractivity (Wildman–Crippen MR) is 69.8 cm³/mol. The molecule has 2 atom stereocenters. The Balaban J connectivity index is 4.06. The van der Waals surface area contributed by atoms with Gasteiger partial charge in [0.05, 0.1) is 12.4 Å². The van der Waals surface area contributed by atoms with Crippen LogP contribution in [0, 0.1) is 0 Å². The average molecular weight is 262 g/mol. The number of carbonyl (C=O) groups excluding carboxylic acids is 2. The Morgan fingerprint density at radius 1 is 1.41 bits per heavy atom. The van der Waals surface area contributed by atoms with Crippen LogP contribution in [0.15, 0.2) is 0 Å². The molecule has 0 fully saturated rings. The summed E-state index contributed by atoms with van der Waals surface area (Å²) in [6.07, 6.45) is 0. The molecule has 0 aromatic rings. The van der Waals surface area contributed by atoms with Crippen LogP contribution in [0.1, 0.15) is 27.7 Å². The summed E-state index contributed by atoms with van der Waals surface area (Å²) in [5.74, 6) is -0.147. The van der Waals surface area contributed by atoms with Gasteiger partial charge in [0.25, 0.3) is 0 Å². The minimum absolute atomic E-state index is 0.0560. The summed E-state index contributed by atoms with van der Waals surface area (Å²) in [4.78, 5) is 22.8. The van der Waals surface area contributed by atoms with Crippen LogP contribution in [0.3, 0.4) is 0 Å². The third kappa shape index (κ3) is 7.23. The maximum Gasteiger partial charge on any atom is 0.323 e. The zero-order valence-corrected chi connectivity index (χ0v) is 11.9. The molecular weight excluding hydrogens is 240 g/mol. The zero-order valence-electron chi connectivity index (χ0n) is 11.1. The molecule has 0 aliphatic carbocycles. The van der Waals surface area contributed by atoms with E-state index in [2.05, 4.69) is 10.1 Å². The van der Waals surface area contributed by atoms with Gasteiger partial charge in [-0.25, -0.2) is 0 Å². The number of hydrogen-bond acceptors (Lipinski definition) is 5. The standard InChI is InChI=1S/C11H22N2O3S/c1-7(9(14)13-11(2,3)4)17-6-8(12)10(15)16-5/h7-8H,6,12H2,1-5H3,(H,13,14). The normalized spacial score (nSPS) is 14.9. The highest BCUT2D eigenvalue weighted by Gasteiger charge is 2.22. The first-order valence-corrected chi connectivity index (χ1v) is 6.49. The fraction of sp³-hybridized carbons (Fsp3) is 0.818. The lowest BCUT2D eigenvalue weighted by atomic mass is 10.1. The third-order valence-corrected chi connectivity index (χ3v) is 3.16. The number of hydrogen-bond donors (Lipinski definition) is 2. The van der Waals surface area contributed by atoms with E-state index in [0.717, 1.165) is 0 Å². The highest BCUT2D eigenvalue weighted by atomic mass is 32.2. The van der Waals surface area contributed by atoms with Gasteiger partial charge >= 0.3 is 5.97 Å². The Labute approximate surface area is 107 Å². The molecule has 0 spiro atoms. The van der Waals surface area contributed by atoms with Gasteiger partial charge in [-0.2, -0.15) is 0 Å². The second-order valence-electron chi connectivity index (χ2n) is 4.84. The van der Waals surface area contributed by atoms with E-state index in [0.29, 0.717) is 5.75 Å². The molecule has 3 N–H and O–H groups in total. The molecule has 1 amide bonds. The number of rotatable bonds is 5. The molecule has 0 aromatic heterocycles. The highest BCUT2D eigenvalue weighted by molar-refractivity contribution is 8.00. The first-order chi connectivity index (χ1) is 7.67. The van der Waals surface area contributed by atoms with Crippen molar-refractivity contribution < 1.29 is 14.3 Å². The van der Waals surface area contributed by atoms with E-state index in [1.54, 1.807) is 6.92 Å². The van der Waals surface area contributed by atoms with Crippen molar-refractivity contribution in [3.05, 3.63) is 0 Å². The van der Waals surface area contributed by atoms with Gasteiger partial charge in [-0.1, -0.05) is 0 Å². The first kappa shape index (κ1) is 16.2. The molecule has 0 radical (unpaired) electrons. The molecule has 0 aliphatic rings. The van der Waals surface area contributed by atoms with E-state index in [9.17, 15) is 9.59 Å². The number of methoxy groups -OCH3 is 1. The number of nitrogens with one attached hydrogen (secondary N) is 1. The Kier molecular flexibility index (Phi) is 6.56. The second kappa shape index (κ2) is 6.86. The SMILES string of the molecule is COC(=O)C(N)CSC(C)C(=O)NC(C)(C)C. The summed E-state index contributed by atoms with van der Waals surface area (Å²) in [6, 6.07) is -0.685. The molecule has 17 heavy (non-hydrogen) atoms. The molecule has 0 aliphatic heterocycles. The van der Waals surface area contributed by atoms with Crippen LogP contribution in [0.25, 0.3) is 0 Å². The van der Waals surface area contributed by atoms with Crippen LogP contribution in [-0.4, -0.2) is 41.6 Å². The monoisotopic (exact) mass is 262 g/mol. The third-order valence-electron chi connectivity index (χ3n) is 1.90. The van der Waals surface area contributed by atoms with Crippen molar-refractivity contribution in [3.8, 4) is 0 Å². The van der Waals surface area contributed by atoms with Gasteiger partial charge in [0.1, 0.15) is 6.04 Å². The van der Waals surface area contributed by atoms with Crippen molar-refractivity contribution in [3.63, 3.8) is 0 Å². The lowest BCUT2D eigenvalue weighted by Gasteiger charge is -2.23. The Hall–Kier alpha value is -0.750. The Morgan fingerprint density at radius 2 is 1.94 bits per heavy atom. The van der Waals surface area contributed by atoms with Crippen LogP contribution in [-0.2, 0) is 14.3 Å². The minimum atomic E-state index is -0.685. The molecule has 2 unspecified atom stereocenters. The van der Waals surface area contributed by atoms with Crippen molar-refractivity contribution in [2.75, 3.05) is 12.9 Å². The van der Waals surface area contributed by atoms with Crippen molar-refractivity contribution in [2.45, 2.75) is 44.5 Å². The van der Waals surface area contributed by atoms with E-state index in [4.69, 9.17) is 5.73 Å². The van der Waals surface area contributed by atoms with Crippen LogP contribution >= 0.6 is 11.8 Å². The lowest BCUT2D eigenvalue weighted by molar-refractivity contribution is -0.141. The summed E-state index contributed by atoms with van der Waals surface area (Å²) in [6.45, 7) is 7.54. The Morgan fingerprint density at radius 3 is 2.35 bits per heavy atom. The predicted octanol–water partition coefficient (Wildman–Crippen LogP) is 0.523. The number of esters is 1. The number of carbonyl (C=O) groups is 2. The fourth-order valence-electron chi connectivity index (χ4n) is 1.01. The van der Waals surface area contributed by atoms with Crippen LogP contribution in [0.4, 0.5) is 0 Å². The van der Waals surface area contributed by atoms with Crippen LogP contribution in [0.5, 0.6) is 0 Å². The molecule has 0 heterocycles. The van der Waals surface area contributed by atoms with Gasteiger partial charge < -0.3 is 15.8 Å². The summed E-state index contributed by atoms with van der Waals surface area (Å²) in [7, 11) is 1.29. The summed E-state index contributed by atoms with van der Waals surface area (Å²) in [5.41, 5.74) is 5.32. The van der Waals surface area contributed by atoms with Gasteiger partial charge in [0.2, 0.25) is 5.91 Å². The van der Waals surface area contributed by atoms with E-state index in [-0.39, 0.29) is 16.7 Å². The quantitative estimate of drug-likeness (QED) is 0.706. The maximum absolute atomic E-state index is 11.7. The average Bonchev–Trinajstić information content (AvgIpc) is 2.21. The molecule has 0 saturated carbocycles. The number of amides is 1. The summed E-state index contributed by atoms with van der Waals surface area (Å²) < 4.78 is 4.51. The smallest absolute Gasteiger partial charge is 0.323 e. The number of nitrogens with two attached hydrogens (primary N) is 1. The van der Waals surface area contributed by atoms with E-state index >= 15 is 0 Å². The summed E-state index contributed by atoms with van der Waals surface area (Å²) in [5, 5.41) is 2.62. The molecule has 0 bridgehead atoms. The van der Waals surface area contributed by atoms with Gasteiger partial charge in [-0.05, 0) is 27.7 Å². The van der Waals surface area contributed by atoms with Gasteiger partial charge in [0.15, 0.2) is 0 Å². The van der Waals surface area contributed by atoms with E-state index < -0.39 is 12.0 Å². The maximum atomic E-state index is 11.7. The lowest BCUT2D eigenvalue weighted by Crippen LogP contribution is -2.44. The molecular formula is C11H22N2O3S. The fourth-order valence-corrected chi connectivity index (χ4v) is 1.86. The molecule has 0 rings (SSSR count). The van der Waals surface area contributed by atoms with Crippen molar-refractivity contribution in [2.24, 2.45) is 5.73 Å². The molecule has 5 nitrogen and oxygen atoms in total. The van der Waals surface area contributed by atoms with Crippen LogP contribution < -0.4 is 11.1 Å². The number of ether oxygens (including phenoxy) is 1. The van der Waals surface area contributed by atoms with Crippen molar-refractivity contribution in [1.82, 2.24) is 5.32 Å². The van der Waals surface area contributed by atoms with E-state index in [1.165, 1.54) is 18.9 Å². The minimum Gasteiger partial charge on any atom is -0.468 e. The highest BCUT2D eigenvalue weighted by Crippen LogP contribution is 2.13. The van der Waals surface area contributed by atoms with Gasteiger partial charge in [-0.3, -0.25) is 9.59 Å². The van der Waals surface area contributed by atoms with Gasteiger partial charge in [-0.15, -0.1) is 11.8 Å². The Bertz CT molecular complexity index is 276. The second-order valence-corrected chi connectivity index (χ2v) is 6.22.